The van der Waals surface area contributed by atoms with Gasteiger partial charge in [-0.05, 0) is 41.3 Å². The molecule has 0 spiro atoms. The quantitative estimate of drug-likeness (QED) is 0.883. The summed E-state index contributed by atoms with van der Waals surface area (Å²) in [5, 5.41) is 10.2. The highest BCUT2D eigenvalue weighted by Gasteiger charge is 2.12. The topological polar surface area (TPSA) is 20.2 Å². The first-order valence-corrected chi connectivity index (χ1v) is 7.10. The van der Waals surface area contributed by atoms with Gasteiger partial charge >= 0.3 is 0 Å². The standard InChI is InChI=1S/C16H16BrFO/c1-2-11-3-5-12(6-4-11)16(19)10-13-9-14(17)7-8-15(13)18/h3-9,16,19H,2,10H2,1H3. The molecule has 0 aromatic heterocycles. The molecule has 1 N–H and O–H groups in total. The van der Waals surface area contributed by atoms with E-state index in [0.717, 1.165) is 16.5 Å². The van der Waals surface area contributed by atoms with E-state index in [1.54, 1.807) is 12.1 Å². The molecule has 0 aliphatic rings. The SMILES string of the molecule is CCc1ccc(C(O)Cc2cc(Br)ccc2F)cc1. The van der Waals surface area contributed by atoms with Gasteiger partial charge in [-0.25, -0.2) is 4.39 Å². The number of hydrogen-bond donors (Lipinski definition) is 1. The van der Waals surface area contributed by atoms with E-state index in [2.05, 4.69) is 22.9 Å². The Hall–Kier alpha value is -1.19. The van der Waals surface area contributed by atoms with Crippen LogP contribution in [-0.2, 0) is 12.8 Å². The first-order chi connectivity index (χ1) is 9.10. The highest BCUT2D eigenvalue weighted by Crippen LogP contribution is 2.23. The first-order valence-electron chi connectivity index (χ1n) is 6.31. The number of hydrogen-bond acceptors (Lipinski definition) is 1. The predicted octanol–water partition coefficient (Wildman–Crippen LogP) is 4.43. The monoisotopic (exact) mass is 322 g/mol. The van der Waals surface area contributed by atoms with Crippen LogP contribution in [0.1, 0.15) is 29.7 Å². The maximum Gasteiger partial charge on any atom is 0.126 e. The van der Waals surface area contributed by atoms with E-state index in [1.807, 2.05) is 24.3 Å². The number of aliphatic hydroxyl groups excluding tert-OH is 1. The van der Waals surface area contributed by atoms with Gasteiger partial charge in [-0.2, -0.15) is 0 Å². The highest BCUT2D eigenvalue weighted by atomic mass is 79.9. The molecule has 0 aliphatic heterocycles. The van der Waals surface area contributed by atoms with Gasteiger partial charge in [0.05, 0.1) is 6.10 Å². The van der Waals surface area contributed by atoms with Gasteiger partial charge in [0.1, 0.15) is 5.82 Å². The molecule has 0 saturated heterocycles. The molecule has 2 rings (SSSR count). The van der Waals surface area contributed by atoms with Gasteiger partial charge in [-0.15, -0.1) is 0 Å². The van der Waals surface area contributed by atoms with Crippen LogP contribution in [-0.4, -0.2) is 5.11 Å². The molecule has 0 fully saturated rings. The number of benzene rings is 2. The van der Waals surface area contributed by atoms with E-state index in [4.69, 9.17) is 0 Å². The lowest BCUT2D eigenvalue weighted by molar-refractivity contribution is 0.177. The van der Waals surface area contributed by atoms with Crippen LogP contribution in [0.4, 0.5) is 4.39 Å². The molecular formula is C16H16BrFO. The summed E-state index contributed by atoms with van der Waals surface area (Å²) < 4.78 is 14.4. The van der Waals surface area contributed by atoms with Gasteiger partial charge < -0.3 is 5.11 Å². The van der Waals surface area contributed by atoms with E-state index >= 15 is 0 Å². The second-order valence-corrected chi connectivity index (χ2v) is 5.47. The summed E-state index contributed by atoms with van der Waals surface area (Å²) in [5.41, 5.74) is 2.56. The summed E-state index contributed by atoms with van der Waals surface area (Å²) in [7, 11) is 0. The molecule has 0 aliphatic carbocycles. The smallest absolute Gasteiger partial charge is 0.126 e. The van der Waals surface area contributed by atoms with E-state index in [9.17, 15) is 9.50 Å². The van der Waals surface area contributed by atoms with Crippen LogP contribution < -0.4 is 0 Å². The average Bonchev–Trinajstić information content (AvgIpc) is 2.43. The van der Waals surface area contributed by atoms with Crippen molar-refractivity contribution in [2.24, 2.45) is 0 Å². The van der Waals surface area contributed by atoms with Crippen LogP contribution in [0, 0.1) is 5.82 Å². The number of rotatable bonds is 4. The van der Waals surface area contributed by atoms with Crippen LogP contribution in [0.5, 0.6) is 0 Å². The van der Waals surface area contributed by atoms with Crippen LogP contribution in [0.3, 0.4) is 0 Å². The molecule has 3 heteroatoms. The second-order valence-electron chi connectivity index (χ2n) is 4.55. The minimum Gasteiger partial charge on any atom is -0.388 e. The van der Waals surface area contributed by atoms with Gasteiger partial charge in [-0.3, -0.25) is 0 Å². The summed E-state index contributed by atoms with van der Waals surface area (Å²) in [4.78, 5) is 0. The summed E-state index contributed by atoms with van der Waals surface area (Å²) >= 11 is 3.31. The molecular weight excluding hydrogens is 307 g/mol. The number of aryl methyl sites for hydroxylation is 1. The Bertz CT molecular complexity index is 551. The fraction of sp³-hybridized carbons (Fsp3) is 0.250. The van der Waals surface area contributed by atoms with Gasteiger partial charge in [0, 0.05) is 10.9 Å². The third-order valence-corrected chi connectivity index (χ3v) is 3.69. The maximum atomic E-state index is 13.6. The molecule has 1 unspecified atom stereocenters. The molecule has 0 bridgehead atoms. The lowest BCUT2D eigenvalue weighted by Gasteiger charge is -2.12. The van der Waals surface area contributed by atoms with Crippen LogP contribution in [0.2, 0.25) is 0 Å². The van der Waals surface area contributed by atoms with E-state index in [-0.39, 0.29) is 12.2 Å². The summed E-state index contributed by atoms with van der Waals surface area (Å²) in [6, 6.07) is 12.6. The summed E-state index contributed by atoms with van der Waals surface area (Å²) in [6.07, 6.45) is 0.558. The molecule has 2 aromatic carbocycles. The van der Waals surface area contributed by atoms with Crippen molar-refractivity contribution in [3.05, 3.63) is 69.4 Å². The lowest BCUT2D eigenvalue weighted by atomic mass is 9.99. The van der Waals surface area contributed by atoms with Crippen LogP contribution in [0.15, 0.2) is 46.9 Å². The minimum atomic E-state index is -0.685. The normalized spacial score (nSPS) is 12.4. The minimum absolute atomic E-state index is 0.275. The Morgan fingerprint density at radius 1 is 1.16 bits per heavy atom. The predicted molar refractivity (Wildman–Crippen MR) is 78.6 cm³/mol. The molecule has 0 radical (unpaired) electrons. The molecule has 0 saturated carbocycles. The Morgan fingerprint density at radius 3 is 2.47 bits per heavy atom. The fourth-order valence-corrected chi connectivity index (χ4v) is 2.41. The number of halogens is 2. The highest BCUT2D eigenvalue weighted by molar-refractivity contribution is 9.10. The zero-order chi connectivity index (χ0) is 13.8. The molecule has 100 valence electrons. The van der Waals surface area contributed by atoms with Crippen molar-refractivity contribution in [2.45, 2.75) is 25.9 Å². The van der Waals surface area contributed by atoms with Crippen molar-refractivity contribution in [3.63, 3.8) is 0 Å². The Balaban J connectivity index is 2.15. The molecule has 1 nitrogen and oxygen atoms in total. The van der Waals surface area contributed by atoms with Crippen molar-refractivity contribution in [1.29, 1.82) is 0 Å². The first kappa shape index (κ1) is 14.2. The van der Waals surface area contributed by atoms with Crippen molar-refractivity contribution in [1.82, 2.24) is 0 Å². The van der Waals surface area contributed by atoms with Gasteiger partial charge in [0.15, 0.2) is 0 Å². The Kier molecular flexibility index (Phi) is 4.72. The Morgan fingerprint density at radius 2 is 1.84 bits per heavy atom. The van der Waals surface area contributed by atoms with Crippen molar-refractivity contribution in [3.8, 4) is 0 Å². The van der Waals surface area contributed by atoms with Crippen molar-refractivity contribution < 1.29 is 9.50 Å². The van der Waals surface area contributed by atoms with Gasteiger partial charge in [0.2, 0.25) is 0 Å². The largest absolute Gasteiger partial charge is 0.388 e. The maximum absolute atomic E-state index is 13.6. The van der Waals surface area contributed by atoms with Crippen LogP contribution >= 0.6 is 15.9 Å². The molecule has 19 heavy (non-hydrogen) atoms. The molecule has 0 amide bonds. The van der Waals surface area contributed by atoms with Crippen molar-refractivity contribution in [2.75, 3.05) is 0 Å². The van der Waals surface area contributed by atoms with Gasteiger partial charge in [-0.1, -0.05) is 47.1 Å². The zero-order valence-electron chi connectivity index (χ0n) is 10.7. The van der Waals surface area contributed by atoms with Crippen molar-refractivity contribution >= 4 is 15.9 Å². The zero-order valence-corrected chi connectivity index (χ0v) is 12.3. The lowest BCUT2D eigenvalue weighted by Crippen LogP contribution is -2.03. The number of aliphatic hydroxyl groups is 1. The third kappa shape index (κ3) is 3.64. The molecule has 2 aromatic rings. The van der Waals surface area contributed by atoms with Gasteiger partial charge in [0.25, 0.3) is 0 Å². The second kappa shape index (κ2) is 6.31. The van der Waals surface area contributed by atoms with Crippen LogP contribution in [0.25, 0.3) is 0 Å². The summed E-state index contributed by atoms with van der Waals surface area (Å²) in [6.45, 7) is 2.09. The van der Waals surface area contributed by atoms with E-state index in [1.165, 1.54) is 11.6 Å². The molecule has 1 atom stereocenters. The third-order valence-electron chi connectivity index (χ3n) is 3.19. The van der Waals surface area contributed by atoms with E-state index in [0.29, 0.717) is 5.56 Å². The van der Waals surface area contributed by atoms with E-state index < -0.39 is 6.10 Å². The summed E-state index contributed by atoms with van der Waals surface area (Å²) in [5.74, 6) is -0.285. The Labute approximate surface area is 121 Å². The molecule has 0 heterocycles. The average molecular weight is 323 g/mol. The fourth-order valence-electron chi connectivity index (χ4n) is 2.00.